The highest BCUT2D eigenvalue weighted by molar-refractivity contribution is 7.86. The van der Waals surface area contributed by atoms with Gasteiger partial charge in [-0.05, 0) is 26.8 Å². The van der Waals surface area contributed by atoms with Gasteiger partial charge >= 0.3 is 0 Å². The van der Waals surface area contributed by atoms with E-state index in [-0.39, 0.29) is 22.3 Å². The maximum atomic E-state index is 12.6. The first-order valence-electron chi connectivity index (χ1n) is 7.10. The summed E-state index contributed by atoms with van der Waals surface area (Å²) >= 11 is 0. The van der Waals surface area contributed by atoms with E-state index in [0.717, 1.165) is 5.76 Å². The molecule has 2 atom stereocenters. The van der Waals surface area contributed by atoms with Crippen LogP contribution in [0.1, 0.15) is 55.5 Å². The lowest BCUT2D eigenvalue weighted by atomic mass is 10.1. The minimum absolute atomic E-state index is 0.00597. The lowest BCUT2D eigenvalue weighted by Crippen LogP contribution is -2.49. The minimum Gasteiger partial charge on any atom is -0.465 e. The van der Waals surface area contributed by atoms with E-state index in [4.69, 9.17) is 4.42 Å². The molecule has 112 valence electrons. The summed E-state index contributed by atoms with van der Waals surface area (Å²) in [7, 11) is -0.848. The molecule has 2 unspecified atom stereocenters. The predicted octanol–water partition coefficient (Wildman–Crippen LogP) is 2.69. The molecule has 0 bridgehead atoms. The van der Waals surface area contributed by atoms with Crippen LogP contribution in [0.5, 0.6) is 0 Å². The van der Waals surface area contributed by atoms with Crippen LogP contribution in [0.2, 0.25) is 0 Å². The van der Waals surface area contributed by atoms with Gasteiger partial charge in [0.15, 0.2) is 0 Å². The van der Waals surface area contributed by atoms with Crippen molar-refractivity contribution in [2.75, 3.05) is 13.1 Å². The molecular weight excluding hydrogens is 274 g/mol. The van der Waals surface area contributed by atoms with Crippen LogP contribution in [-0.2, 0) is 10.8 Å². The van der Waals surface area contributed by atoms with Gasteiger partial charge in [0.1, 0.15) is 11.5 Å². The third-order valence-corrected chi connectivity index (χ3v) is 5.66. The third-order valence-electron chi connectivity index (χ3n) is 3.77. The number of furan rings is 1. The highest BCUT2D eigenvalue weighted by Gasteiger charge is 2.32. The lowest BCUT2D eigenvalue weighted by Gasteiger charge is -2.34. The Balaban J connectivity index is 2.21. The zero-order valence-corrected chi connectivity index (χ0v) is 13.6. The first kappa shape index (κ1) is 15.3. The monoisotopic (exact) mass is 297 g/mol. The Morgan fingerprint density at radius 3 is 2.35 bits per heavy atom. The molecule has 2 rings (SSSR count). The molecule has 1 aromatic heterocycles. The predicted molar refractivity (Wildman–Crippen MR) is 80.5 cm³/mol. The van der Waals surface area contributed by atoms with Crippen molar-refractivity contribution in [1.82, 2.24) is 4.90 Å². The Morgan fingerprint density at radius 2 is 1.90 bits per heavy atom. The van der Waals surface area contributed by atoms with E-state index >= 15 is 0 Å². The van der Waals surface area contributed by atoms with E-state index < -0.39 is 10.8 Å². The van der Waals surface area contributed by atoms with Crippen molar-refractivity contribution < 1.29 is 13.4 Å². The molecule has 0 N–H and O–H groups in total. The molecule has 1 saturated heterocycles. The average molecular weight is 297 g/mol. The van der Waals surface area contributed by atoms with Crippen molar-refractivity contribution in [3.8, 4) is 0 Å². The minimum atomic E-state index is -0.848. The maximum absolute atomic E-state index is 12.6. The van der Waals surface area contributed by atoms with E-state index in [1.54, 1.807) is 4.90 Å². The topological polar surface area (TPSA) is 50.5 Å². The Kier molecular flexibility index (Phi) is 4.37. The molecule has 20 heavy (non-hydrogen) atoms. The maximum Gasteiger partial charge on any atom is 0.257 e. The van der Waals surface area contributed by atoms with Crippen LogP contribution in [0.3, 0.4) is 0 Å². The molecule has 1 amide bonds. The molecule has 5 heteroatoms. The Labute approximate surface area is 123 Å². The first-order valence-corrected chi connectivity index (χ1v) is 8.37. The molecule has 0 aromatic carbocycles. The van der Waals surface area contributed by atoms with Crippen LogP contribution in [0, 0.1) is 6.92 Å². The lowest BCUT2D eigenvalue weighted by molar-refractivity contribution is 0.0749. The summed E-state index contributed by atoms with van der Waals surface area (Å²) in [5.74, 6) is 1.77. The SMILES string of the molecule is Cc1oc(C(C)C)cc1C(=O)N1CC(C)S(=O)C(C)C1. The highest BCUT2D eigenvalue weighted by Crippen LogP contribution is 2.24. The van der Waals surface area contributed by atoms with E-state index in [2.05, 4.69) is 0 Å². The Hall–Kier alpha value is -1.10. The van der Waals surface area contributed by atoms with Gasteiger partial charge in [0.2, 0.25) is 0 Å². The third kappa shape index (κ3) is 2.82. The Bertz CT molecular complexity index is 521. The summed E-state index contributed by atoms with van der Waals surface area (Å²) in [6.07, 6.45) is 0. The van der Waals surface area contributed by atoms with Crippen LogP contribution < -0.4 is 0 Å². The number of carbonyl (C=O) groups is 1. The summed E-state index contributed by atoms with van der Waals surface area (Å²) in [4.78, 5) is 14.4. The van der Waals surface area contributed by atoms with Crippen molar-refractivity contribution in [2.45, 2.75) is 51.0 Å². The van der Waals surface area contributed by atoms with Gasteiger partial charge in [-0.3, -0.25) is 9.00 Å². The molecule has 0 spiro atoms. The number of aryl methyl sites for hydroxylation is 1. The average Bonchev–Trinajstić information content (AvgIpc) is 2.76. The van der Waals surface area contributed by atoms with Crippen molar-refractivity contribution >= 4 is 16.7 Å². The van der Waals surface area contributed by atoms with Gasteiger partial charge in [0.05, 0.1) is 5.56 Å². The van der Waals surface area contributed by atoms with Crippen molar-refractivity contribution in [2.24, 2.45) is 0 Å². The fourth-order valence-corrected chi connectivity index (χ4v) is 4.02. The summed E-state index contributed by atoms with van der Waals surface area (Å²) in [5, 5.41) is 0.0546. The van der Waals surface area contributed by atoms with E-state index in [1.807, 2.05) is 40.7 Å². The van der Waals surface area contributed by atoms with Gasteiger partial charge < -0.3 is 9.32 Å². The Morgan fingerprint density at radius 1 is 1.35 bits per heavy atom. The standard InChI is InChI=1S/C15H23NO3S/c1-9(2)14-6-13(12(5)19-14)15(17)16-7-10(3)20(18)11(4)8-16/h6,9-11H,7-8H2,1-5H3. The van der Waals surface area contributed by atoms with Gasteiger partial charge in [-0.15, -0.1) is 0 Å². The van der Waals surface area contributed by atoms with E-state index in [1.165, 1.54) is 0 Å². The largest absolute Gasteiger partial charge is 0.465 e. The molecule has 2 heterocycles. The number of carbonyl (C=O) groups excluding carboxylic acids is 1. The molecule has 1 aliphatic heterocycles. The summed E-state index contributed by atoms with van der Waals surface area (Å²) in [5.41, 5.74) is 0.640. The molecule has 1 aliphatic rings. The number of hydrogen-bond acceptors (Lipinski definition) is 3. The smallest absolute Gasteiger partial charge is 0.257 e. The van der Waals surface area contributed by atoms with Crippen molar-refractivity contribution in [1.29, 1.82) is 0 Å². The quantitative estimate of drug-likeness (QED) is 0.843. The molecular formula is C15H23NO3S. The zero-order valence-electron chi connectivity index (χ0n) is 12.8. The van der Waals surface area contributed by atoms with Crippen LogP contribution in [0.4, 0.5) is 0 Å². The number of rotatable bonds is 2. The number of nitrogens with zero attached hydrogens (tertiary/aromatic N) is 1. The van der Waals surface area contributed by atoms with Crippen LogP contribution in [-0.4, -0.2) is 38.6 Å². The highest BCUT2D eigenvalue weighted by atomic mass is 32.2. The normalized spacial score (nSPS) is 27.1. The summed E-state index contributed by atoms with van der Waals surface area (Å²) < 4.78 is 17.6. The molecule has 4 nitrogen and oxygen atoms in total. The second-order valence-corrected chi connectivity index (χ2v) is 8.20. The zero-order chi connectivity index (χ0) is 15.0. The molecule has 0 saturated carbocycles. The van der Waals surface area contributed by atoms with Gasteiger partial charge in [-0.1, -0.05) is 13.8 Å². The van der Waals surface area contributed by atoms with Gasteiger partial charge in [0.25, 0.3) is 5.91 Å². The van der Waals surface area contributed by atoms with Crippen LogP contribution in [0.15, 0.2) is 10.5 Å². The molecule has 0 radical (unpaired) electrons. The summed E-state index contributed by atoms with van der Waals surface area (Å²) in [6.45, 7) is 10.9. The van der Waals surface area contributed by atoms with E-state index in [9.17, 15) is 9.00 Å². The molecule has 0 aliphatic carbocycles. The van der Waals surface area contributed by atoms with Gasteiger partial charge in [-0.25, -0.2) is 0 Å². The van der Waals surface area contributed by atoms with Crippen molar-refractivity contribution in [3.63, 3.8) is 0 Å². The van der Waals surface area contributed by atoms with Gasteiger partial charge in [-0.2, -0.15) is 0 Å². The summed E-state index contributed by atoms with van der Waals surface area (Å²) in [6, 6.07) is 1.85. The molecule has 1 fully saturated rings. The van der Waals surface area contributed by atoms with Crippen molar-refractivity contribution in [3.05, 3.63) is 23.2 Å². The van der Waals surface area contributed by atoms with E-state index in [0.29, 0.717) is 24.4 Å². The molecule has 1 aromatic rings. The van der Waals surface area contributed by atoms with Crippen LogP contribution in [0.25, 0.3) is 0 Å². The van der Waals surface area contributed by atoms with Crippen LogP contribution >= 0.6 is 0 Å². The fourth-order valence-electron chi connectivity index (χ4n) is 2.58. The number of amides is 1. The first-order chi connectivity index (χ1) is 9.31. The second kappa shape index (κ2) is 5.72. The fraction of sp³-hybridized carbons (Fsp3) is 0.667. The second-order valence-electron chi connectivity index (χ2n) is 5.93. The van der Waals surface area contributed by atoms with Gasteiger partial charge in [0, 0.05) is 40.3 Å². The number of hydrogen-bond donors (Lipinski definition) is 0.